The van der Waals surface area contributed by atoms with E-state index in [1.807, 2.05) is 30.3 Å². The zero-order valence-electron chi connectivity index (χ0n) is 12.4. The van der Waals surface area contributed by atoms with Crippen LogP contribution in [0, 0.1) is 5.82 Å². The van der Waals surface area contributed by atoms with Crippen molar-refractivity contribution in [2.75, 3.05) is 6.61 Å². The molecule has 3 nitrogen and oxygen atoms in total. The highest BCUT2D eigenvalue weighted by Gasteiger charge is 2.09. The van der Waals surface area contributed by atoms with Crippen molar-refractivity contribution in [3.8, 4) is 5.75 Å². The number of rotatable bonds is 8. The Hall–Kier alpha value is -1.91. The molecule has 1 atom stereocenters. The molecule has 2 aromatic carbocycles. The lowest BCUT2D eigenvalue weighted by molar-refractivity contribution is 0.125. The predicted octanol–water partition coefficient (Wildman–Crippen LogP) is 3.08. The monoisotopic (exact) mass is 304 g/mol. The van der Waals surface area contributed by atoms with Gasteiger partial charge >= 0.3 is 0 Å². The Bertz CT molecular complexity index is 572. The Morgan fingerprint density at radius 2 is 1.82 bits per heavy atom. The first-order chi connectivity index (χ1) is 10.7. The van der Waals surface area contributed by atoms with Gasteiger partial charge < -0.3 is 14.9 Å². The van der Waals surface area contributed by atoms with Crippen LogP contribution in [0.15, 0.2) is 48.5 Å². The maximum atomic E-state index is 13.4. The maximum Gasteiger partial charge on any atom is 0.123 e. The fraction of sp³-hybridized carbons (Fsp3) is 0.333. The molecule has 0 aliphatic heterocycles. The van der Waals surface area contributed by atoms with E-state index in [9.17, 15) is 9.50 Å². The molecule has 0 spiro atoms. The van der Waals surface area contributed by atoms with Crippen molar-refractivity contribution in [3.05, 3.63) is 65.5 Å². The van der Waals surface area contributed by atoms with Gasteiger partial charge in [0.25, 0.3) is 0 Å². The molecule has 0 saturated heterocycles. The Labute approximate surface area is 130 Å². The summed E-state index contributed by atoms with van der Waals surface area (Å²) in [5.41, 5.74) is 1.77. The molecule has 0 radical (unpaired) electrons. The highest BCUT2D eigenvalue weighted by Crippen LogP contribution is 2.23. The van der Waals surface area contributed by atoms with Crippen LogP contribution in [0.3, 0.4) is 0 Å². The molecule has 0 aromatic heterocycles. The highest BCUT2D eigenvalue weighted by molar-refractivity contribution is 5.34. The van der Waals surface area contributed by atoms with E-state index in [1.165, 1.54) is 12.1 Å². The molecule has 0 saturated carbocycles. The summed E-state index contributed by atoms with van der Waals surface area (Å²) in [4.78, 5) is 0. The first kappa shape index (κ1) is 16.5. The Kier molecular flexibility index (Phi) is 6.37. The van der Waals surface area contributed by atoms with Crippen LogP contribution in [0.5, 0.6) is 5.75 Å². The largest absolute Gasteiger partial charge is 0.489 e. The number of hydrogen-bond donors (Lipinski definition) is 2. The number of aliphatic hydroxyl groups is 2. The number of aliphatic hydroxyl groups excluding tert-OH is 2. The molecule has 0 aliphatic carbocycles. The molecular formula is C18H21FO3. The van der Waals surface area contributed by atoms with Gasteiger partial charge in [0, 0.05) is 6.61 Å². The zero-order valence-corrected chi connectivity index (χ0v) is 12.4. The van der Waals surface area contributed by atoms with Gasteiger partial charge in [0.2, 0.25) is 0 Å². The highest BCUT2D eigenvalue weighted by atomic mass is 19.1. The smallest absolute Gasteiger partial charge is 0.123 e. The summed E-state index contributed by atoms with van der Waals surface area (Å²) in [6.45, 7) is 0.361. The molecular weight excluding hydrogens is 283 g/mol. The van der Waals surface area contributed by atoms with Gasteiger partial charge in [0.15, 0.2) is 0 Å². The summed E-state index contributed by atoms with van der Waals surface area (Å²) < 4.78 is 19.2. The topological polar surface area (TPSA) is 49.7 Å². The fourth-order valence-electron chi connectivity index (χ4n) is 2.23. The second-order valence-electron chi connectivity index (χ2n) is 5.23. The molecule has 0 bridgehead atoms. The minimum Gasteiger partial charge on any atom is -0.489 e. The number of benzene rings is 2. The molecule has 2 N–H and O–H groups in total. The van der Waals surface area contributed by atoms with Crippen molar-refractivity contribution in [2.24, 2.45) is 0 Å². The number of hydrogen-bond acceptors (Lipinski definition) is 3. The van der Waals surface area contributed by atoms with Crippen molar-refractivity contribution < 1.29 is 19.3 Å². The average molecular weight is 304 g/mol. The predicted molar refractivity (Wildman–Crippen MR) is 83.2 cm³/mol. The summed E-state index contributed by atoms with van der Waals surface area (Å²) >= 11 is 0. The second kappa shape index (κ2) is 8.51. The van der Waals surface area contributed by atoms with Gasteiger partial charge in [-0.3, -0.25) is 0 Å². The van der Waals surface area contributed by atoms with E-state index in [0.717, 1.165) is 11.1 Å². The third-order valence-electron chi connectivity index (χ3n) is 3.47. The molecule has 0 aliphatic rings. The Morgan fingerprint density at radius 1 is 1.05 bits per heavy atom. The van der Waals surface area contributed by atoms with Crippen LogP contribution in [0.25, 0.3) is 0 Å². The minimum absolute atomic E-state index is 0.0539. The molecule has 0 fully saturated rings. The molecule has 118 valence electrons. The van der Waals surface area contributed by atoms with E-state index in [0.29, 0.717) is 31.6 Å². The molecule has 0 unspecified atom stereocenters. The van der Waals surface area contributed by atoms with Crippen LogP contribution in [-0.2, 0) is 13.0 Å². The fourth-order valence-corrected chi connectivity index (χ4v) is 2.23. The second-order valence-corrected chi connectivity index (χ2v) is 5.23. The molecule has 0 heterocycles. The van der Waals surface area contributed by atoms with E-state index < -0.39 is 6.10 Å². The normalized spacial score (nSPS) is 12.1. The van der Waals surface area contributed by atoms with Crippen molar-refractivity contribution in [1.82, 2.24) is 0 Å². The van der Waals surface area contributed by atoms with Crippen LogP contribution in [0.1, 0.15) is 24.0 Å². The van der Waals surface area contributed by atoms with Crippen LogP contribution in [0.2, 0.25) is 0 Å². The number of ether oxygens (including phenoxy) is 1. The van der Waals surface area contributed by atoms with Crippen LogP contribution in [-0.4, -0.2) is 22.9 Å². The van der Waals surface area contributed by atoms with Crippen molar-refractivity contribution >= 4 is 0 Å². The van der Waals surface area contributed by atoms with Crippen molar-refractivity contribution in [3.63, 3.8) is 0 Å². The van der Waals surface area contributed by atoms with Gasteiger partial charge in [-0.15, -0.1) is 0 Å². The van der Waals surface area contributed by atoms with Gasteiger partial charge in [0.05, 0.1) is 6.10 Å². The first-order valence-corrected chi connectivity index (χ1v) is 7.43. The van der Waals surface area contributed by atoms with Crippen LogP contribution < -0.4 is 4.74 Å². The van der Waals surface area contributed by atoms with Gasteiger partial charge in [-0.2, -0.15) is 0 Å². The maximum absolute atomic E-state index is 13.4. The third kappa shape index (κ3) is 5.13. The van der Waals surface area contributed by atoms with E-state index in [-0.39, 0.29) is 12.4 Å². The van der Waals surface area contributed by atoms with Crippen LogP contribution in [0.4, 0.5) is 4.39 Å². The lowest BCUT2D eigenvalue weighted by Gasteiger charge is -2.14. The molecule has 2 aromatic rings. The minimum atomic E-state index is -0.588. The molecule has 22 heavy (non-hydrogen) atoms. The van der Waals surface area contributed by atoms with E-state index in [1.54, 1.807) is 6.07 Å². The quantitative estimate of drug-likeness (QED) is 0.788. The summed E-state index contributed by atoms with van der Waals surface area (Å²) in [5.74, 6) is 0.306. The van der Waals surface area contributed by atoms with E-state index in [4.69, 9.17) is 9.84 Å². The Balaban J connectivity index is 2.00. The Morgan fingerprint density at radius 3 is 2.55 bits per heavy atom. The number of halogens is 1. The standard InChI is InChI=1S/C18H21FO3/c19-16-7-9-18(22-13-14-4-2-1-3-5-14)15(12-16)6-8-17(21)10-11-20/h1-5,7,9,12,17,20-21H,6,8,10-11,13H2/t17-/m1/s1. The summed E-state index contributed by atoms with van der Waals surface area (Å²) in [6.07, 6.45) is 0.708. The van der Waals surface area contributed by atoms with Gasteiger partial charge in [-0.1, -0.05) is 30.3 Å². The molecule has 2 rings (SSSR count). The summed E-state index contributed by atoms with van der Waals surface area (Å²) in [7, 11) is 0. The van der Waals surface area contributed by atoms with Gasteiger partial charge in [-0.05, 0) is 48.6 Å². The summed E-state index contributed by atoms with van der Waals surface area (Å²) in [6, 6.07) is 14.2. The lowest BCUT2D eigenvalue weighted by atomic mass is 10.0. The van der Waals surface area contributed by atoms with E-state index >= 15 is 0 Å². The SMILES string of the molecule is OCC[C@H](O)CCc1cc(F)ccc1OCc1ccccc1. The number of aryl methyl sites for hydroxylation is 1. The van der Waals surface area contributed by atoms with Crippen molar-refractivity contribution in [2.45, 2.75) is 32.0 Å². The van der Waals surface area contributed by atoms with Crippen LogP contribution >= 0.6 is 0 Å². The van der Waals surface area contributed by atoms with Gasteiger partial charge in [-0.25, -0.2) is 4.39 Å². The lowest BCUT2D eigenvalue weighted by Crippen LogP contribution is -2.10. The average Bonchev–Trinajstić information content (AvgIpc) is 2.53. The summed E-state index contributed by atoms with van der Waals surface area (Å²) in [5, 5.41) is 18.5. The van der Waals surface area contributed by atoms with Gasteiger partial charge in [0.1, 0.15) is 18.2 Å². The zero-order chi connectivity index (χ0) is 15.8. The first-order valence-electron chi connectivity index (χ1n) is 7.43. The molecule has 4 heteroatoms. The molecule has 0 amide bonds. The van der Waals surface area contributed by atoms with E-state index in [2.05, 4.69) is 0 Å². The van der Waals surface area contributed by atoms with Crippen molar-refractivity contribution in [1.29, 1.82) is 0 Å². The third-order valence-corrected chi connectivity index (χ3v) is 3.47.